The summed E-state index contributed by atoms with van der Waals surface area (Å²) < 4.78 is 4.59. The van der Waals surface area contributed by atoms with Gasteiger partial charge in [-0.05, 0) is 25.5 Å². The Bertz CT molecular complexity index is 234. The zero-order valence-corrected chi connectivity index (χ0v) is 7.76. The van der Waals surface area contributed by atoms with Crippen LogP contribution in [0.4, 0.5) is 0 Å². The summed E-state index contributed by atoms with van der Waals surface area (Å²) in [6.45, 7) is 7.25. The summed E-state index contributed by atoms with van der Waals surface area (Å²) >= 11 is 0. The molecule has 0 bridgehead atoms. The Hall–Kier alpha value is -1.31. The van der Waals surface area contributed by atoms with Gasteiger partial charge < -0.3 is 4.74 Å². The minimum Gasteiger partial charge on any atom is -0.465 e. The average Bonchev–Trinajstić information content (AvgIpc) is 2.11. The molecule has 0 rings (SSSR count). The van der Waals surface area contributed by atoms with Crippen molar-refractivity contribution in [1.29, 1.82) is 0 Å². The fraction of sp³-hybridized carbons (Fsp3) is 0.300. The van der Waals surface area contributed by atoms with E-state index in [0.29, 0.717) is 5.57 Å². The number of carbonyl (C=O) groups excluding carboxylic acids is 1. The van der Waals surface area contributed by atoms with E-state index >= 15 is 0 Å². The summed E-state index contributed by atoms with van der Waals surface area (Å²) in [7, 11) is 1.36. The number of methoxy groups -OCH3 is 1. The summed E-state index contributed by atoms with van der Waals surface area (Å²) in [5.74, 6) is -0.328. The summed E-state index contributed by atoms with van der Waals surface area (Å²) in [5, 5.41) is 0. The largest absolute Gasteiger partial charge is 0.465 e. The first kappa shape index (κ1) is 10.7. The van der Waals surface area contributed by atoms with Gasteiger partial charge in [-0.3, -0.25) is 0 Å². The smallest absolute Gasteiger partial charge is 0.338 e. The Labute approximate surface area is 73.2 Å². The van der Waals surface area contributed by atoms with Gasteiger partial charge in [0.2, 0.25) is 0 Å². The molecule has 0 N–H and O–H groups in total. The standard InChI is InChI=1S/C10H14O2/c1-5-7-9(8(3)6-2)10(11)12-4/h5-7H,1H2,2-4H3/b8-6-,9-7+. The highest BCUT2D eigenvalue weighted by Crippen LogP contribution is 2.10. The Balaban J connectivity index is 4.80. The third-order valence-electron chi connectivity index (χ3n) is 1.55. The Morgan fingerprint density at radius 1 is 1.50 bits per heavy atom. The van der Waals surface area contributed by atoms with Crippen molar-refractivity contribution in [2.75, 3.05) is 7.11 Å². The highest BCUT2D eigenvalue weighted by molar-refractivity contribution is 5.93. The van der Waals surface area contributed by atoms with Gasteiger partial charge in [-0.25, -0.2) is 4.79 Å². The van der Waals surface area contributed by atoms with Gasteiger partial charge in [0.05, 0.1) is 12.7 Å². The summed E-state index contributed by atoms with van der Waals surface area (Å²) in [6, 6.07) is 0. The second-order valence-corrected chi connectivity index (χ2v) is 2.28. The van der Waals surface area contributed by atoms with Crippen molar-refractivity contribution in [3.05, 3.63) is 36.0 Å². The van der Waals surface area contributed by atoms with Crippen LogP contribution in [0.3, 0.4) is 0 Å². The maximum Gasteiger partial charge on any atom is 0.338 e. The van der Waals surface area contributed by atoms with Crippen LogP contribution >= 0.6 is 0 Å². The highest BCUT2D eigenvalue weighted by Gasteiger charge is 2.08. The number of carbonyl (C=O) groups is 1. The van der Waals surface area contributed by atoms with E-state index < -0.39 is 0 Å². The van der Waals surface area contributed by atoms with Crippen molar-refractivity contribution in [2.24, 2.45) is 0 Å². The van der Waals surface area contributed by atoms with Crippen LogP contribution in [0.2, 0.25) is 0 Å². The van der Waals surface area contributed by atoms with Crippen LogP contribution in [0.15, 0.2) is 36.0 Å². The molecule has 0 fully saturated rings. The maximum atomic E-state index is 11.1. The van der Waals surface area contributed by atoms with Gasteiger partial charge in [-0.2, -0.15) is 0 Å². The quantitative estimate of drug-likeness (QED) is 0.365. The van der Waals surface area contributed by atoms with E-state index in [-0.39, 0.29) is 5.97 Å². The van der Waals surface area contributed by atoms with Gasteiger partial charge in [0.15, 0.2) is 0 Å². The van der Waals surface area contributed by atoms with Crippen LogP contribution in [0.25, 0.3) is 0 Å². The van der Waals surface area contributed by atoms with E-state index in [9.17, 15) is 4.79 Å². The van der Waals surface area contributed by atoms with E-state index in [2.05, 4.69) is 11.3 Å². The molecule has 0 aromatic carbocycles. The molecule has 0 aromatic heterocycles. The van der Waals surface area contributed by atoms with Crippen molar-refractivity contribution in [2.45, 2.75) is 13.8 Å². The first-order chi connectivity index (χ1) is 5.67. The molecule has 0 aromatic rings. The summed E-state index contributed by atoms with van der Waals surface area (Å²) in [4.78, 5) is 11.1. The Kier molecular flexibility index (Phi) is 4.77. The Morgan fingerprint density at radius 2 is 2.08 bits per heavy atom. The lowest BCUT2D eigenvalue weighted by Crippen LogP contribution is -2.05. The van der Waals surface area contributed by atoms with E-state index in [1.807, 2.05) is 19.9 Å². The molecule has 0 heterocycles. The number of hydrogen-bond acceptors (Lipinski definition) is 2. The molecule has 0 radical (unpaired) electrons. The molecule has 0 aliphatic heterocycles. The zero-order chi connectivity index (χ0) is 9.56. The minimum absolute atomic E-state index is 0.328. The van der Waals surface area contributed by atoms with E-state index in [4.69, 9.17) is 0 Å². The molecule has 0 spiro atoms. The van der Waals surface area contributed by atoms with Crippen molar-refractivity contribution in [3.8, 4) is 0 Å². The van der Waals surface area contributed by atoms with E-state index in [1.54, 1.807) is 12.2 Å². The molecule has 0 saturated heterocycles. The van der Waals surface area contributed by atoms with Gasteiger partial charge in [-0.15, -0.1) is 0 Å². The van der Waals surface area contributed by atoms with Crippen molar-refractivity contribution in [3.63, 3.8) is 0 Å². The third-order valence-corrected chi connectivity index (χ3v) is 1.55. The molecule has 66 valence electrons. The summed E-state index contributed by atoms with van der Waals surface area (Å²) in [5.41, 5.74) is 1.44. The fourth-order valence-electron chi connectivity index (χ4n) is 0.744. The normalized spacial score (nSPS) is 12.6. The molecule has 0 unspecified atom stereocenters. The molecule has 2 nitrogen and oxygen atoms in total. The predicted molar refractivity (Wildman–Crippen MR) is 49.7 cm³/mol. The molecule has 2 heteroatoms. The average molecular weight is 166 g/mol. The van der Waals surface area contributed by atoms with Gasteiger partial charge in [-0.1, -0.05) is 18.7 Å². The van der Waals surface area contributed by atoms with Gasteiger partial charge in [0, 0.05) is 0 Å². The van der Waals surface area contributed by atoms with Crippen molar-refractivity contribution >= 4 is 5.97 Å². The van der Waals surface area contributed by atoms with E-state index in [0.717, 1.165) is 5.57 Å². The first-order valence-electron chi connectivity index (χ1n) is 3.71. The highest BCUT2D eigenvalue weighted by atomic mass is 16.5. The molecular formula is C10H14O2. The van der Waals surface area contributed by atoms with Gasteiger partial charge >= 0.3 is 5.97 Å². The second kappa shape index (κ2) is 5.35. The first-order valence-corrected chi connectivity index (χ1v) is 3.71. The molecule has 0 atom stereocenters. The molecule has 0 saturated carbocycles. The van der Waals surface area contributed by atoms with Gasteiger partial charge in [0.1, 0.15) is 0 Å². The SMILES string of the molecule is C=C/C=C(C(=O)OC)\C(C)=C/C. The van der Waals surface area contributed by atoms with Crippen LogP contribution in [-0.4, -0.2) is 13.1 Å². The monoisotopic (exact) mass is 166 g/mol. The van der Waals surface area contributed by atoms with Crippen LogP contribution in [0, 0.1) is 0 Å². The molecule has 0 amide bonds. The van der Waals surface area contributed by atoms with Crippen LogP contribution in [-0.2, 0) is 9.53 Å². The maximum absolute atomic E-state index is 11.1. The molecule has 12 heavy (non-hydrogen) atoms. The van der Waals surface area contributed by atoms with Crippen LogP contribution in [0.1, 0.15) is 13.8 Å². The van der Waals surface area contributed by atoms with Crippen molar-refractivity contribution < 1.29 is 9.53 Å². The molecular weight excluding hydrogens is 152 g/mol. The fourth-order valence-corrected chi connectivity index (χ4v) is 0.744. The molecule has 0 aliphatic carbocycles. The van der Waals surface area contributed by atoms with Crippen LogP contribution < -0.4 is 0 Å². The number of hydrogen-bond donors (Lipinski definition) is 0. The minimum atomic E-state index is -0.328. The zero-order valence-electron chi connectivity index (χ0n) is 7.76. The lowest BCUT2D eigenvalue weighted by atomic mass is 10.1. The second-order valence-electron chi connectivity index (χ2n) is 2.28. The molecule has 0 aliphatic rings. The predicted octanol–water partition coefficient (Wildman–Crippen LogP) is 2.24. The lowest BCUT2D eigenvalue weighted by Gasteiger charge is -2.03. The Morgan fingerprint density at radius 3 is 2.42 bits per heavy atom. The van der Waals surface area contributed by atoms with Crippen molar-refractivity contribution in [1.82, 2.24) is 0 Å². The topological polar surface area (TPSA) is 26.3 Å². The number of rotatable bonds is 3. The van der Waals surface area contributed by atoms with Crippen LogP contribution in [0.5, 0.6) is 0 Å². The number of allylic oxidation sites excluding steroid dienone is 3. The number of esters is 1. The van der Waals surface area contributed by atoms with Gasteiger partial charge in [0.25, 0.3) is 0 Å². The lowest BCUT2D eigenvalue weighted by molar-refractivity contribution is -0.135. The third kappa shape index (κ3) is 2.74. The summed E-state index contributed by atoms with van der Waals surface area (Å²) in [6.07, 6.45) is 5.06. The van der Waals surface area contributed by atoms with E-state index in [1.165, 1.54) is 7.11 Å². The number of ether oxygens (including phenoxy) is 1.